The van der Waals surface area contributed by atoms with Gasteiger partial charge in [-0.15, -0.1) is 11.3 Å². The highest BCUT2D eigenvalue weighted by Gasteiger charge is 2.29. The highest BCUT2D eigenvalue weighted by atomic mass is 32.2. The molecular formula is C22H24N4O5S2. The van der Waals surface area contributed by atoms with E-state index < -0.39 is 10.0 Å². The van der Waals surface area contributed by atoms with E-state index in [1.54, 1.807) is 24.5 Å². The highest BCUT2D eigenvalue weighted by Crippen LogP contribution is 2.28. The van der Waals surface area contributed by atoms with Crippen LogP contribution in [0.25, 0.3) is 11.3 Å². The lowest BCUT2D eigenvalue weighted by atomic mass is 10.1. The van der Waals surface area contributed by atoms with Crippen LogP contribution in [0.1, 0.15) is 10.6 Å². The van der Waals surface area contributed by atoms with E-state index >= 15 is 0 Å². The Kier molecular flexibility index (Phi) is 7.33. The summed E-state index contributed by atoms with van der Waals surface area (Å²) in [6.07, 6.45) is 3.45. The molecule has 4 rings (SSSR count). The molecule has 1 N–H and O–H groups in total. The first-order valence-electron chi connectivity index (χ1n) is 10.3. The van der Waals surface area contributed by atoms with Gasteiger partial charge in [-0.3, -0.25) is 9.78 Å². The van der Waals surface area contributed by atoms with Crippen molar-refractivity contribution in [2.45, 2.75) is 17.9 Å². The third-order valence-electron chi connectivity index (χ3n) is 5.15. The largest absolute Gasteiger partial charge is 0.495 e. The Morgan fingerprint density at radius 3 is 2.70 bits per heavy atom. The number of amides is 1. The molecule has 0 aliphatic carbocycles. The van der Waals surface area contributed by atoms with Crippen molar-refractivity contribution in [3.05, 3.63) is 58.7 Å². The summed E-state index contributed by atoms with van der Waals surface area (Å²) in [5, 5.41) is 5.56. The molecule has 1 aliphatic rings. The van der Waals surface area contributed by atoms with E-state index in [9.17, 15) is 13.2 Å². The van der Waals surface area contributed by atoms with Gasteiger partial charge in [-0.1, -0.05) is 6.07 Å². The molecule has 33 heavy (non-hydrogen) atoms. The van der Waals surface area contributed by atoms with Gasteiger partial charge in [0.05, 0.1) is 39.0 Å². The molecule has 0 spiro atoms. The number of hydrogen-bond acceptors (Lipinski definition) is 8. The fraction of sp³-hybridized carbons (Fsp3) is 0.318. The fourth-order valence-electron chi connectivity index (χ4n) is 3.43. The van der Waals surface area contributed by atoms with Gasteiger partial charge in [0, 0.05) is 36.4 Å². The number of morpholine rings is 1. The zero-order chi connectivity index (χ0) is 23.3. The summed E-state index contributed by atoms with van der Waals surface area (Å²) in [7, 11) is -2.33. The van der Waals surface area contributed by atoms with E-state index in [2.05, 4.69) is 15.3 Å². The van der Waals surface area contributed by atoms with Gasteiger partial charge in [0.1, 0.15) is 15.7 Å². The Bertz CT molecular complexity index is 1210. The molecule has 3 aromatic rings. The second kappa shape index (κ2) is 10.4. The van der Waals surface area contributed by atoms with Gasteiger partial charge >= 0.3 is 0 Å². The van der Waals surface area contributed by atoms with Crippen LogP contribution in [0.4, 0.5) is 0 Å². The van der Waals surface area contributed by atoms with E-state index in [0.29, 0.717) is 25.3 Å². The third kappa shape index (κ3) is 5.56. The van der Waals surface area contributed by atoms with Gasteiger partial charge in [0.2, 0.25) is 15.9 Å². The molecule has 11 heteroatoms. The number of benzene rings is 1. The number of sulfonamides is 1. The smallest absolute Gasteiger partial charge is 0.246 e. The summed E-state index contributed by atoms with van der Waals surface area (Å²) in [5.74, 6) is 0.0209. The standard InChI is InChI=1S/C22H24N4O5S2/c1-30-19-3-2-16(12-20(19)33(28,29)26-8-10-31-11-9-26)13-21(27)24-14-22-25-18(15-32-22)17-4-6-23-7-5-17/h2-7,12,15H,8-11,13-14H2,1H3,(H,24,27). The number of carbonyl (C=O) groups is 1. The summed E-state index contributed by atoms with van der Waals surface area (Å²) < 4.78 is 38.1. The van der Waals surface area contributed by atoms with E-state index in [0.717, 1.165) is 16.3 Å². The first-order valence-corrected chi connectivity index (χ1v) is 12.7. The Hall–Kier alpha value is -2.86. The maximum atomic E-state index is 13.1. The van der Waals surface area contributed by atoms with Crippen molar-refractivity contribution >= 4 is 27.3 Å². The normalized spacial score (nSPS) is 14.7. The number of rotatable bonds is 8. The molecule has 0 radical (unpaired) electrons. The number of hydrogen-bond donors (Lipinski definition) is 1. The molecule has 174 valence electrons. The molecule has 3 heterocycles. The molecule has 1 amide bonds. The van der Waals surface area contributed by atoms with Crippen LogP contribution in [-0.4, -0.2) is 62.0 Å². The monoisotopic (exact) mass is 488 g/mol. The fourth-order valence-corrected chi connectivity index (χ4v) is 5.79. The van der Waals surface area contributed by atoms with Crippen LogP contribution in [0.3, 0.4) is 0 Å². The minimum Gasteiger partial charge on any atom is -0.495 e. The van der Waals surface area contributed by atoms with E-state index in [4.69, 9.17) is 9.47 Å². The summed E-state index contributed by atoms with van der Waals surface area (Å²) >= 11 is 1.46. The van der Waals surface area contributed by atoms with E-state index in [-0.39, 0.29) is 36.1 Å². The van der Waals surface area contributed by atoms with Gasteiger partial charge < -0.3 is 14.8 Å². The molecule has 2 aromatic heterocycles. The van der Waals surface area contributed by atoms with Crippen LogP contribution in [0, 0.1) is 0 Å². The van der Waals surface area contributed by atoms with Crippen LogP contribution in [-0.2, 0) is 32.5 Å². The lowest BCUT2D eigenvalue weighted by Crippen LogP contribution is -2.40. The van der Waals surface area contributed by atoms with Crippen LogP contribution < -0.4 is 10.1 Å². The molecule has 1 aliphatic heterocycles. The maximum absolute atomic E-state index is 13.1. The van der Waals surface area contributed by atoms with Gasteiger partial charge in [-0.05, 0) is 29.8 Å². The van der Waals surface area contributed by atoms with Crippen molar-refractivity contribution in [2.24, 2.45) is 0 Å². The number of ether oxygens (including phenoxy) is 2. The van der Waals surface area contributed by atoms with Gasteiger partial charge in [-0.2, -0.15) is 4.31 Å². The minimum atomic E-state index is -3.76. The summed E-state index contributed by atoms with van der Waals surface area (Å²) in [4.78, 5) is 21.1. The van der Waals surface area contributed by atoms with Gasteiger partial charge in [0.25, 0.3) is 0 Å². The predicted molar refractivity (Wildman–Crippen MR) is 123 cm³/mol. The van der Waals surface area contributed by atoms with Crippen molar-refractivity contribution in [2.75, 3.05) is 33.4 Å². The second-order valence-corrected chi connectivity index (χ2v) is 10.2. The molecule has 0 saturated carbocycles. The third-order valence-corrected chi connectivity index (χ3v) is 7.91. The van der Waals surface area contributed by atoms with Crippen molar-refractivity contribution in [3.63, 3.8) is 0 Å². The summed E-state index contributed by atoms with van der Waals surface area (Å²) in [6, 6.07) is 8.54. The predicted octanol–water partition coefficient (Wildman–Crippen LogP) is 2.09. The van der Waals surface area contributed by atoms with E-state index in [1.807, 2.05) is 17.5 Å². The molecule has 9 nitrogen and oxygen atoms in total. The zero-order valence-electron chi connectivity index (χ0n) is 18.1. The first kappa shape index (κ1) is 23.3. The number of nitrogens with one attached hydrogen (secondary N) is 1. The van der Waals surface area contributed by atoms with Crippen LogP contribution in [0.5, 0.6) is 5.75 Å². The number of thiazole rings is 1. The Morgan fingerprint density at radius 2 is 1.97 bits per heavy atom. The highest BCUT2D eigenvalue weighted by molar-refractivity contribution is 7.89. The zero-order valence-corrected chi connectivity index (χ0v) is 19.7. The average molecular weight is 489 g/mol. The topological polar surface area (TPSA) is 111 Å². The lowest BCUT2D eigenvalue weighted by molar-refractivity contribution is -0.120. The molecule has 0 atom stereocenters. The van der Waals surface area contributed by atoms with Crippen LogP contribution in [0.15, 0.2) is 53.0 Å². The molecule has 1 aromatic carbocycles. The molecule has 1 saturated heterocycles. The van der Waals surface area contributed by atoms with Crippen LogP contribution >= 0.6 is 11.3 Å². The molecule has 1 fully saturated rings. The summed E-state index contributed by atoms with van der Waals surface area (Å²) in [6.45, 7) is 1.56. The minimum absolute atomic E-state index is 0.0399. The first-order chi connectivity index (χ1) is 16.0. The average Bonchev–Trinajstić information content (AvgIpc) is 3.33. The Labute approximate surface area is 196 Å². The molecule has 0 bridgehead atoms. The second-order valence-electron chi connectivity index (χ2n) is 7.32. The van der Waals surface area contributed by atoms with E-state index in [1.165, 1.54) is 28.8 Å². The molecule has 0 unspecified atom stereocenters. The van der Waals surface area contributed by atoms with Crippen molar-refractivity contribution in [1.29, 1.82) is 0 Å². The van der Waals surface area contributed by atoms with Crippen molar-refractivity contribution in [1.82, 2.24) is 19.6 Å². The Balaban J connectivity index is 1.42. The van der Waals surface area contributed by atoms with Gasteiger partial charge in [0.15, 0.2) is 0 Å². The SMILES string of the molecule is COc1ccc(CC(=O)NCc2nc(-c3ccncc3)cs2)cc1S(=O)(=O)N1CCOCC1. The summed E-state index contributed by atoms with van der Waals surface area (Å²) in [5.41, 5.74) is 2.38. The Morgan fingerprint density at radius 1 is 1.21 bits per heavy atom. The lowest BCUT2D eigenvalue weighted by Gasteiger charge is -2.26. The van der Waals surface area contributed by atoms with Crippen molar-refractivity contribution < 1.29 is 22.7 Å². The maximum Gasteiger partial charge on any atom is 0.246 e. The number of carbonyl (C=O) groups excluding carboxylic acids is 1. The van der Waals surface area contributed by atoms with Gasteiger partial charge in [-0.25, -0.2) is 13.4 Å². The number of methoxy groups -OCH3 is 1. The quantitative estimate of drug-likeness (QED) is 0.517. The number of pyridine rings is 1. The number of nitrogens with zero attached hydrogens (tertiary/aromatic N) is 3. The van der Waals surface area contributed by atoms with Crippen LogP contribution in [0.2, 0.25) is 0 Å². The number of aromatic nitrogens is 2. The molecular weight excluding hydrogens is 464 g/mol. The van der Waals surface area contributed by atoms with Crippen molar-refractivity contribution in [3.8, 4) is 17.0 Å².